The highest BCUT2D eigenvalue weighted by Crippen LogP contribution is 2.60. The molecule has 4 fully saturated rings. The number of anilines is 2. The van der Waals surface area contributed by atoms with Crippen LogP contribution in [0, 0.1) is 39.5 Å². The van der Waals surface area contributed by atoms with Gasteiger partial charge >= 0.3 is 11.9 Å². The molecule has 2 aromatic heterocycles. The van der Waals surface area contributed by atoms with Crippen LogP contribution in [0.3, 0.4) is 0 Å². The lowest BCUT2D eigenvalue weighted by Gasteiger charge is -2.35. The van der Waals surface area contributed by atoms with Crippen LogP contribution in [-0.4, -0.2) is 71.9 Å². The lowest BCUT2D eigenvalue weighted by Crippen LogP contribution is -2.50. The second-order valence-corrected chi connectivity index (χ2v) is 15.8. The SMILES string of the molecule is COC(=O)c1c(N2C(=O)[C@H]3[C@@H](C2=O)N2[C@@H](c4ccccc4)[C@H]4C(=O)N(c5sc(C)c(C)c5C(=O)OC)C(=O)[C@@H]4N2[C@@H]3c2ccccc2)sc(C)c1C. The molecule has 0 N–H and O–H groups in total. The van der Waals surface area contributed by atoms with E-state index in [0.29, 0.717) is 22.3 Å². The van der Waals surface area contributed by atoms with Gasteiger partial charge in [0.05, 0.1) is 49.3 Å². The summed E-state index contributed by atoms with van der Waals surface area (Å²) in [5.41, 5.74) is 2.90. The number of rotatable bonds is 6. The van der Waals surface area contributed by atoms with E-state index in [2.05, 4.69) is 0 Å². The molecule has 4 aromatic rings. The molecule has 266 valence electrons. The molecule has 4 aliphatic rings. The van der Waals surface area contributed by atoms with Crippen molar-refractivity contribution in [1.82, 2.24) is 10.0 Å². The van der Waals surface area contributed by atoms with E-state index >= 15 is 0 Å². The third kappa shape index (κ3) is 4.50. The van der Waals surface area contributed by atoms with Crippen LogP contribution < -0.4 is 9.80 Å². The molecule has 14 heteroatoms. The van der Waals surface area contributed by atoms with Gasteiger partial charge in [0, 0.05) is 9.75 Å². The molecule has 6 heterocycles. The standard InChI is InChI=1S/C38H34N4O8S2/c1-17-19(3)51-35(23(17)37(47)49-5)39-31(43)25-27(21-13-9-7-10-14-21)42-30-26(28(22-15-11-8-12-16-22)41(42)29(25)33(39)45)32(44)40(34(30)46)36-24(38(48)50-6)18(2)20(4)52-36/h7-16,25-30H,1-6H3/t25-,26-,27-,28+,29+,30-/m1/s1. The zero-order chi connectivity index (χ0) is 36.9. The fraction of sp³-hybridized carbons (Fsp3) is 0.316. The minimum atomic E-state index is -1.10. The number of carbonyl (C=O) groups excluding carboxylic acids is 6. The summed E-state index contributed by atoms with van der Waals surface area (Å²) in [5, 5.41) is 3.93. The normalized spacial score (nSPS) is 25.6. The molecule has 52 heavy (non-hydrogen) atoms. The monoisotopic (exact) mass is 738 g/mol. The van der Waals surface area contributed by atoms with Crippen molar-refractivity contribution in [3.05, 3.63) is 104 Å². The van der Waals surface area contributed by atoms with E-state index in [1.54, 1.807) is 23.9 Å². The van der Waals surface area contributed by atoms with E-state index in [1.807, 2.05) is 74.5 Å². The van der Waals surface area contributed by atoms with Gasteiger partial charge < -0.3 is 9.47 Å². The number of aryl methyl sites for hydroxylation is 2. The molecule has 4 amide bonds. The summed E-state index contributed by atoms with van der Waals surface area (Å²) in [7, 11) is 2.50. The average Bonchev–Trinajstić information content (AvgIpc) is 3.93. The highest BCUT2D eigenvalue weighted by molar-refractivity contribution is 7.17. The molecule has 12 nitrogen and oxygen atoms in total. The van der Waals surface area contributed by atoms with Crippen LogP contribution in [0.25, 0.3) is 0 Å². The first kappa shape index (κ1) is 34.1. The highest BCUT2D eigenvalue weighted by atomic mass is 32.1. The van der Waals surface area contributed by atoms with E-state index in [9.17, 15) is 28.8 Å². The first-order valence-corrected chi connectivity index (χ1v) is 18.4. The lowest BCUT2D eigenvalue weighted by molar-refractivity contribution is -0.135. The maximum absolute atomic E-state index is 14.9. The predicted octanol–water partition coefficient (Wildman–Crippen LogP) is 5.06. The van der Waals surface area contributed by atoms with Crippen LogP contribution in [-0.2, 0) is 28.7 Å². The summed E-state index contributed by atoms with van der Waals surface area (Å²) in [6, 6.07) is 14.5. The number of fused-ring (bicyclic) bond motifs is 5. The lowest BCUT2D eigenvalue weighted by atomic mass is 9.84. The average molecular weight is 739 g/mol. The van der Waals surface area contributed by atoms with Gasteiger partial charge in [0.15, 0.2) is 0 Å². The molecule has 8 rings (SSSR count). The molecule has 0 spiro atoms. The minimum Gasteiger partial charge on any atom is -0.465 e. The number of imide groups is 2. The number of amides is 4. The number of carbonyl (C=O) groups is 6. The summed E-state index contributed by atoms with van der Waals surface area (Å²) in [6.45, 7) is 7.13. The van der Waals surface area contributed by atoms with Gasteiger partial charge in [-0.05, 0) is 49.9 Å². The zero-order valence-electron chi connectivity index (χ0n) is 29.1. The number of hydrazine groups is 1. The van der Waals surface area contributed by atoms with Crippen molar-refractivity contribution in [2.45, 2.75) is 51.9 Å². The summed E-state index contributed by atoms with van der Waals surface area (Å²) in [5.74, 6) is -5.45. The van der Waals surface area contributed by atoms with Crippen molar-refractivity contribution >= 4 is 68.2 Å². The van der Waals surface area contributed by atoms with E-state index in [4.69, 9.17) is 9.47 Å². The number of nitrogens with zero attached hydrogens (tertiary/aromatic N) is 4. The molecule has 6 atom stereocenters. The maximum atomic E-state index is 14.9. The maximum Gasteiger partial charge on any atom is 0.341 e. The molecule has 4 saturated heterocycles. The van der Waals surface area contributed by atoms with E-state index in [1.165, 1.54) is 36.9 Å². The molecule has 0 aliphatic carbocycles. The Bertz CT molecular complexity index is 2060. The number of benzene rings is 2. The Morgan fingerprint density at radius 2 is 0.885 bits per heavy atom. The topological polar surface area (TPSA) is 134 Å². The van der Waals surface area contributed by atoms with Crippen molar-refractivity contribution in [3.63, 3.8) is 0 Å². The zero-order valence-corrected chi connectivity index (χ0v) is 30.7. The minimum absolute atomic E-state index is 0.154. The van der Waals surface area contributed by atoms with Gasteiger partial charge in [0.1, 0.15) is 22.1 Å². The van der Waals surface area contributed by atoms with Crippen LogP contribution in [0.5, 0.6) is 0 Å². The summed E-state index contributed by atoms with van der Waals surface area (Å²) in [6.07, 6.45) is 0. The molecular formula is C38H34N4O8S2. The van der Waals surface area contributed by atoms with Gasteiger partial charge in [-0.3, -0.25) is 19.2 Å². The second kappa shape index (κ2) is 12.3. The van der Waals surface area contributed by atoms with Crippen LogP contribution in [0.2, 0.25) is 0 Å². The number of hydrogen-bond acceptors (Lipinski definition) is 12. The van der Waals surface area contributed by atoms with Crippen molar-refractivity contribution in [2.24, 2.45) is 11.8 Å². The third-order valence-electron chi connectivity index (χ3n) is 10.9. The number of methoxy groups -OCH3 is 2. The molecule has 0 saturated carbocycles. The third-order valence-corrected chi connectivity index (χ3v) is 13.3. The molecule has 0 unspecified atom stereocenters. The van der Waals surface area contributed by atoms with E-state index in [-0.39, 0.29) is 21.1 Å². The van der Waals surface area contributed by atoms with Crippen molar-refractivity contribution < 1.29 is 38.2 Å². The summed E-state index contributed by atoms with van der Waals surface area (Å²) in [4.78, 5) is 89.3. The fourth-order valence-corrected chi connectivity index (χ4v) is 10.7. The van der Waals surface area contributed by atoms with Crippen molar-refractivity contribution in [1.29, 1.82) is 0 Å². The Balaban J connectivity index is 1.33. The van der Waals surface area contributed by atoms with E-state index in [0.717, 1.165) is 19.6 Å². The van der Waals surface area contributed by atoms with E-state index < -0.39 is 71.6 Å². The van der Waals surface area contributed by atoms with Gasteiger partial charge in [-0.1, -0.05) is 60.7 Å². The molecule has 0 bridgehead atoms. The molecule has 0 radical (unpaired) electrons. The van der Waals surface area contributed by atoms with Gasteiger partial charge in [-0.2, -0.15) is 0 Å². The predicted molar refractivity (Wildman–Crippen MR) is 192 cm³/mol. The van der Waals surface area contributed by atoms with Crippen LogP contribution in [0.15, 0.2) is 60.7 Å². The fourth-order valence-electron chi connectivity index (χ4n) is 8.42. The Kier molecular flexibility index (Phi) is 8.06. The summed E-state index contributed by atoms with van der Waals surface area (Å²) < 4.78 is 10.2. The van der Waals surface area contributed by atoms with Crippen LogP contribution in [0.1, 0.15) is 64.8 Å². The molecule has 2 aromatic carbocycles. The Morgan fingerprint density at radius 3 is 1.21 bits per heavy atom. The largest absolute Gasteiger partial charge is 0.465 e. The number of ether oxygens (including phenoxy) is 2. The number of thiophene rings is 2. The second-order valence-electron chi connectivity index (χ2n) is 13.3. The van der Waals surface area contributed by atoms with Gasteiger partial charge in [-0.25, -0.2) is 29.4 Å². The highest BCUT2D eigenvalue weighted by Gasteiger charge is 2.74. The Labute approximate surface area is 307 Å². The quantitative estimate of drug-likeness (QED) is 0.195. The van der Waals surface area contributed by atoms with Crippen LogP contribution in [0.4, 0.5) is 10.0 Å². The first-order valence-electron chi connectivity index (χ1n) is 16.7. The van der Waals surface area contributed by atoms with Crippen molar-refractivity contribution in [3.8, 4) is 0 Å². The molecular weight excluding hydrogens is 705 g/mol. The number of esters is 2. The Morgan fingerprint density at radius 1 is 0.538 bits per heavy atom. The number of hydrogen-bond donors (Lipinski definition) is 0. The van der Waals surface area contributed by atoms with Crippen molar-refractivity contribution in [2.75, 3.05) is 24.0 Å². The first-order chi connectivity index (χ1) is 24.9. The molecule has 4 aliphatic heterocycles. The summed E-state index contributed by atoms with van der Waals surface area (Å²) >= 11 is 2.34. The Hall–Kier alpha value is -5.02. The van der Waals surface area contributed by atoms with Crippen LogP contribution >= 0.6 is 22.7 Å². The van der Waals surface area contributed by atoms with Gasteiger partial charge in [0.2, 0.25) is 11.8 Å². The smallest absolute Gasteiger partial charge is 0.341 e. The van der Waals surface area contributed by atoms with Gasteiger partial charge in [-0.15, -0.1) is 22.7 Å². The van der Waals surface area contributed by atoms with Gasteiger partial charge in [0.25, 0.3) is 11.8 Å².